The lowest BCUT2D eigenvalue weighted by atomic mass is 9.79. The summed E-state index contributed by atoms with van der Waals surface area (Å²) in [6.07, 6.45) is 0. The first kappa shape index (κ1) is 16.6. The fourth-order valence-corrected chi connectivity index (χ4v) is 1.91. The van der Waals surface area contributed by atoms with E-state index in [1.165, 1.54) is 0 Å². The fourth-order valence-electron chi connectivity index (χ4n) is 1.37. The largest absolute Gasteiger partial charge is 0.488 e. The van der Waals surface area contributed by atoms with Gasteiger partial charge in [-0.05, 0) is 44.4 Å². The first-order valence-electron chi connectivity index (χ1n) is 5.59. The third-order valence-corrected chi connectivity index (χ3v) is 2.94. The second-order valence-corrected chi connectivity index (χ2v) is 6.45. The minimum atomic E-state index is -5.09. The molecule has 0 spiro atoms. The van der Waals surface area contributed by atoms with Crippen LogP contribution in [0.2, 0.25) is 0 Å². The molecular weight excluding hydrogens is 290 g/mol. The molecule has 1 aromatic rings. The van der Waals surface area contributed by atoms with Crippen molar-refractivity contribution >= 4 is 28.8 Å². The van der Waals surface area contributed by atoms with Crippen LogP contribution in [0.25, 0.3) is 0 Å². The van der Waals surface area contributed by atoms with Crippen LogP contribution in [0.1, 0.15) is 31.1 Å². The Labute approximate surface area is 116 Å². The molecule has 0 saturated carbocycles. The zero-order chi connectivity index (χ0) is 15.7. The number of carbonyl (C=O) groups excluding carboxylic acids is 1. The van der Waals surface area contributed by atoms with Gasteiger partial charge in [-0.15, -0.1) is 3.89 Å². The molecule has 0 bridgehead atoms. The molecule has 2 N–H and O–H groups in total. The van der Waals surface area contributed by atoms with Crippen molar-refractivity contribution in [3.63, 3.8) is 0 Å². The Morgan fingerprint density at radius 3 is 2.20 bits per heavy atom. The van der Waals surface area contributed by atoms with Crippen LogP contribution in [0, 0.1) is 0 Å². The average Bonchev–Trinajstić information content (AvgIpc) is 2.24. The van der Waals surface area contributed by atoms with Gasteiger partial charge in [0, 0.05) is 0 Å². The number of hydrogen-bond donors (Lipinski definition) is 2. The summed E-state index contributed by atoms with van der Waals surface area (Å²) in [5.74, 6) is -0.898. The van der Waals surface area contributed by atoms with Gasteiger partial charge >= 0.3 is 23.3 Å². The summed E-state index contributed by atoms with van der Waals surface area (Å²) in [5, 5.41) is 18.1. The predicted octanol–water partition coefficient (Wildman–Crippen LogP) is -0.0201. The lowest BCUT2D eigenvalue weighted by Gasteiger charge is -2.19. The Balaban J connectivity index is 3.33. The van der Waals surface area contributed by atoms with Crippen LogP contribution in [0.3, 0.4) is 0 Å². The number of rotatable bonds is 3. The zero-order valence-corrected chi connectivity index (χ0v) is 11.9. The van der Waals surface area contributed by atoms with E-state index < -0.39 is 33.8 Å². The Hall–Kier alpha value is -1.45. The Morgan fingerprint density at radius 1 is 1.25 bits per heavy atom. The van der Waals surface area contributed by atoms with E-state index in [2.05, 4.69) is 0 Å². The third-order valence-electron chi connectivity index (χ3n) is 2.14. The molecule has 0 aliphatic heterocycles. The van der Waals surface area contributed by atoms with Crippen LogP contribution in [-0.4, -0.2) is 37.2 Å². The number of benzene rings is 1. The first-order chi connectivity index (χ1) is 8.90. The van der Waals surface area contributed by atoms with Crippen molar-refractivity contribution in [2.24, 2.45) is 0 Å². The predicted molar refractivity (Wildman–Crippen MR) is 69.7 cm³/mol. The van der Waals surface area contributed by atoms with Crippen LogP contribution in [0.4, 0.5) is 3.89 Å². The third kappa shape index (κ3) is 4.59. The lowest BCUT2D eigenvalue weighted by Crippen LogP contribution is -2.32. The topological polar surface area (TPSA) is 101 Å². The Bertz CT molecular complexity index is 620. The Kier molecular flexibility index (Phi) is 4.57. The molecule has 0 radical (unpaired) electrons. The van der Waals surface area contributed by atoms with E-state index in [1.807, 2.05) is 0 Å². The molecule has 0 unspecified atom stereocenters. The Morgan fingerprint density at radius 2 is 1.80 bits per heavy atom. The second-order valence-electron chi connectivity index (χ2n) is 5.10. The molecule has 0 saturated heterocycles. The summed E-state index contributed by atoms with van der Waals surface area (Å²) >= 11 is 0. The van der Waals surface area contributed by atoms with Gasteiger partial charge in [0.1, 0.15) is 5.60 Å². The number of ether oxygens (including phenoxy) is 1. The molecule has 0 atom stereocenters. The normalized spacial score (nSPS) is 12.1. The van der Waals surface area contributed by atoms with Crippen molar-refractivity contribution in [3.8, 4) is 0 Å². The molecule has 0 aliphatic carbocycles. The minimum Gasteiger partial charge on any atom is -0.456 e. The van der Waals surface area contributed by atoms with Crippen molar-refractivity contribution in [2.45, 2.75) is 31.3 Å². The van der Waals surface area contributed by atoms with Gasteiger partial charge in [0.15, 0.2) is 0 Å². The number of esters is 1. The fraction of sp³-hybridized carbons (Fsp3) is 0.364. The van der Waals surface area contributed by atoms with Gasteiger partial charge in [0.2, 0.25) is 0 Å². The number of carbonyl (C=O) groups is 1. The molecule has 1 rings (SSSR count). The van der Waals surface area contributed by atoms with Gasteiger partial charge in [0.05, 0.1) is 10.5 Å². The summed E-state index contributed by atoms with van der Waals surface area (Å²) in [5.41, 5.74) is -1.45. The molecule has 1 aromatic carbocycles. The molecule has 0 aliphatic rings. The van der Waals surface area contributed by atoms with Crippen LogP contribution >= 0.6 is 0 Å². The molecule has 6 nitrogen and oxygen atoms in total. The maximum absolute atomic E-state index is 13.0. The summed E-state index contributed by atoms with van der Waals surface area (Å²) in [7, 11) is -7.13. The van der Waals surface area contributed by atoms with Crippen molar-refractivity contribution in [1.82, 2.24) is 0 Å². The highest BCUT2D eigenvalue weighted by molar-refractivity contribution is 7.86. The molecule has 20 heavy (non-hydrogen) atoms. The van der Waals surface area contributed by atoms with Gasteiger partial charge in [-0.1, -0.05) is 0 Å². The van der Waals surface area contributed by atoms with E-state index in [4.69, 9.17) is 14.8 Å². The molecule has 9 heteroatoms. The number of hydrogen-bond acceptors (Lipinski definition) is 6. The smallest absolute Gasteiger partial charge is 0.456 e. The zero-order valence-electron chi connectivity index (χ0n) is 11.1. The maximum Gasteiger partial charge on any atom is 0.488 e. The quantitative estimate of drug-likeness (QED) is 0.462. The van der Waals surface area contributed by atoms with Crippen molar-refractivity contribution in [1.29, 1.82) is 0 Å². The summed E-state index contributed by atoms with van der Waals surface area (Å²) < 4.78 is 39.8. The summed E-state index contributed by atoms with van der Waals surface area (Å²) in [4.78, 5) is 11.0. The maximum atomic E-state index is 13.0. The first-order valence-corrected chi connectivity index (χ1v) is 6.97. The summed E-state index contributed by atoms with van der Waals surface area (Å²) in [6.45, 7) is 4.80. The van der Waals surface area contributed by atoms with Gasteiger partial charge in [0.25, 0.3) is 0 Å². The molecule has 0 fully saturated rings. The highest BCUT2D eigenvalue weighted by atomic mass is 32.3. The van der Waals surface area contributed by atoms with E-state index in [1.54, 1.807) is 20.8 Å². The van der Waals surface area contributed by atoms with E-state index in [-0.39, 0.29) is 11.0 Å². The highest BCUT2D eigenvalue weighted by Crippen LogP contribution is 2.16. The van der Waals surface area contributed by atoms with E-state index in [0.717, 1.165) is 18.2 Å². The van der Waals surface area contributed by atoms with Crippen LogP contribution in [0.5, 0.6) is 0 Å². The van der Waals surface area contributed by atoms with E-state index in [0.29, 0.717) is 0 Å². The van der Waals surface area contributed by atoms with E-state index >= 15 is 0 Å². The minimum absolute atomic E-state index is 0.290. The SMILES string of the molecule is CC(C)(C)OC(=O)c1cc(B(O)O)cc(S(=O)(=O)F)c1. The highest BCUT2D eigenvalue weighted by Gasteiger charge is 2.24. The van der Waals surface area contributed by atoms with Gasteiger partial charge in [-0.25, -0.2) is 4.79 Å². The number of halogens is 1. The van der Waals surface area contributed by atoms with Gasteiger partial charge < -0.3 is 14.8 Å². The monoisotopic (exact) mass is 304 g/mol. The summed E-state index contributed by atoms with van der Waals surface area (Å²) in [6, 6.07) is 2.52. The van der Waals surface area contributed by atoms with Crippen molar-refractivity contribution in [2.75, 3.05) is 0 Å². The molecule has 110 valence electrons. The average molecular weight is 304 g/mol. The molecule has 0 aromatic heterocycles. The standard InChI is InChI=1S/C11H14BFO6S/c1-11(2,3)19-10(14)7-4-8(12(15)16)6-9(5-7)20(13,17)18/h4-6,15-16H,1-3H3. The van der Waals surface area contributed by atoms with E-state index in [9.17, 15) is 17.1 Å². The second kappa shape index (κ2) is 5.51. The molecular formula is C11H14BFO6S. The van der Waals surface area contributed by atoms with Gasteiger partial charge in [-0.3, -0.25) is 0 Å². The molecule has 0 heterocycles. The lowest BCUT2D eigenvalue weighted by molar-refractivity contribution is 0.00694. The van der Waals surface area contributed by atoms with Crippen LogP contribution in [-0.2, 0) is 15.0 Å². The van der Waals surface area contributed by atoms with Gasteiger partial charge in [-0.2, -0.15) is 8.42 Å². The van der Waals surface area contributed by atoms with Crippen LogP contribution < -0.4 is 5.46 Å². The van der Waals surface area contributed by atoms with Crippen LogP contribution in [0.15, 0.2) is 23.1 Å². The van der Waals surface area contributed by atoms with Crippen molar-refractivity contribution in [3.05, 3.63) is 23.8 Å². The molecule has 0 amide bonds. The van der Waals surface area contributed by atoms with Crippen molar-refractivity contribution < 1.29 is 31.9 Å².